The zero-order chi connectivity index (χ0) is 12.4. The molecular formula is C11H18O5. The van der Waals surface area contributed by atoms with Crippen LogP contribution in [0.2, 0.25) is 0 Å². The molecule has 0 aromatic rings. The molecule has 16 heavy (non-hydrogen) atoms. The summed E-state index contributed by atoms with van der Waals surface area (Å²) in [4.78, 5) is 22.8. The Kier molecular flexibility index (Phi) is 3.57. The molecule has 5 heteroatoms. The van der Waals surface area contributed by atoms with Gasteiger partial charge in [-0.15, -0.1) is 0 Å². The second kappa shape index (κ2) is 4.41. The van der Waals surface area contributed by atoms with Crippen molar-refractivity contribution < 1.29 is 24.2 Å². The van der Waals surface area contributed by atoms with E-state index in [1.54, 1.807) is 20.8 Å². The van der Waals surface area contributed by atoms with Crippen molar-refractivity contribution in [1.29, 1.82) is 0 Å². The number of esters is 1. The Morgan fingerprint density at radius 2 is 1.94 bits per heavy atom. The molecule has 1 unspecified atom stereocenters. The number of hydrogen-bond donors (Lipinski definition) is 1. The first kappa shape index (κ1) is 13.0. The summed E-state index contributed by atoms with van der Waals surface area (Å²) >= 11 is 0. The van der Waals surface area contributed by atoms with Crippen molar-refractivity contribution >= 4 is 11.9 Å². The standard InChI is InChI=1S/C11H18O5/c1-10(2,3)9(14)16-11(8(12)13)6-4-5-7-15-11/h4-7H2,1-3H3,(H,12,13). The maximum Gasteiger partial charge on any atom is 0.377 e. The molecule has 1 fully saturated rings. The predicted octanol–water partition coefficient (Wildman–Crippen LogP) is 1.56. The maximum absolute atomic E-state index is 11.7. The van der Waals surface area contributed by atoms with Gasteiger partial charge in [-0.1, -0.05) is 0 Å². The number of carbonyl (C=O) groups is 2. The summed E-state index contributed by atoms with van der Waals surface area (Å²) < 4.78 is 10.2. The highest BCUT2D eigenvalue weighted by Gasteiger charge is 2.47. The van der Waals surface area contributed by atoms with Crippen molar-refractivity contribution in [2.75, 3.05) is 6.61 Å². The van der Waals surface area contributed by atoms with Crippen LogP contribution in [0.5, 0.6) is 0 Å². The Bertz CT molecular complexity index is 283. The van der Waals surface area contributed by atoms with E-state index in [0.29, 0.717) is 13.0 Å². The molecule has 5 nitrogen and oxygen atoms in total. The summed E-state index contributed by atoms with van der Waals surface area (Å²) in [6.45, 7) is 5.33. The molecule has 92 valence electrons. The van der Waals surface area contributed by atoms with Crippen LogP contribution in [-0.2, 0) is 19.1 Å². The number of hydrogen-bond acceptors (Lipinski definition) is 4. The molecule has 1 saturated heterocycles. The highest BCUT2D eigenvalue weighted by atomic mass is 16.7. The van der Waals surface area contributed by atoms with E-state index in [0.717, 1.165) is 6.42 Å². The molecule has 0 amide bonds. The largest absolute Gasteiger partial charge is 0.476 e. The van der Waals surface area contributed by atoms with Gasteiger partial charge in [-0.25, -0.2) is 4.79 Å². The minimum atomic E-state index is -1.78. The summed E-state index contributed by atoms with van der Waals surface area (Å²) in [5.41, 5.74) is -0.733. The number of ether oxygens (including phenoxy) is 2. The summed E-state index contributed by atoms with van der Waals surface area (Å²) in [6, 6.07) is 0. The second-order valence-corrected chi connectivity index (χ2v) is 5.00. The van der Waals surface area contributed by atoms with Crippen LogP contribution in [0.3, 0.4) is 0 Å². The molecule has 0 aliphatic carbocycles. The fraction of sp³-hybridized carbons (Fsp3) is 0.818. The molecule has 1 rings (SSSR count). The zero-order valence-corrected chi connectivity index (χ0v) is 9.91. The number of carboxylic acids is 1. The van der Waals surface area contributed by atoms with E-state index in [1.807, 2.05) is 0 Å². The summed E-state index contributed by atoms with van der Waals surface area (Å²) in [7, 11) is 0. The molecule has 1 aliphatic heterocycles. The molecule has 0 saturated carbocycles. The Morgan fingerprint density at radius 1 is 1.31 bits per heavy atom. The molecule has 1 aliphatic rings. The van der Waals surface area contributed by atoms with Crippen LogP contribution in [-0.4, -0.2) is 29.4 Å². The van der Waals surface area contributed by atoms with Crippen molar-refractivity contribution in [2.45, 2.75) is 45.8 Å². The Labute approximate surface area is 94.7 Å². The van der Waals surface area contributed by atoms with E-state index in [-0.39, 0.29) is 6.42 Å². The van der Waals surface area contributed by atoms with Gasteiger partial charge in [0.2, 0.25) is 0 Å². The molecule has 0 bridgehead atoms. The summed E-state index contributed by atoms with van der Waals surface area (Å²) in [5, 5.41) is 9.10. The normalized spacial score (nSPS) is 26.2. The maximum atomic E-state index is 11.7. The molecule has 0 aromatic heterocycles. The van der Waals surface area contributed by atoms with Crippen molar-refractivity contribution in [3.8, 4) is 0 Å². The minimum Gasteiger partial charge on any atom is -0.476 e. The third-order valence-electron chi connectivity index (χ3n) is 2.43. The highest BCUT2D eigenvalue weighted by molar-refractivity contribution is 5.82. The lowest BCUT2D eigenvalue weighted by molar-refractivity contribution is -0.255. The number of aliphatic carboxylic acids is 1. The molecule has 1 N–H and O–H groups in total. The van der Waals surface area contributed by atoms with Crippen molar-refractivity contribution in [3.05, 3.63) is 0 Å². The van der Waals surface area contributed by atoms with Gasteiger partial charge in [0, 0.05) is 6.42 Å². The molecule has 0 aromatic carbocycles. The van der Waals surface area contributed by atoms with Crippen LogP contribution in [0.25, 0.3) is 0 Å². The van der Waals surface area contributed by atoms with Crippen molar-refractivity contribution in [2.24, 2.45) is 5.41 Å². The summed E-state index contributed by atoms with van der Waals surface area (Å²) in [6.07, 6.45) is 1.69. The highest BCUT2D eigenvalue weighted by Crippen LogP contribution is 2.29. The van der Waals surface area contributed by atoms with Gasteiger partial charge in [-0.2, -0.15) is 0 Å². The molecule has 1 atom stereocenters. The number of carbonyl (C=O) groups excluding carboxylic acids is 1. The fourth-order valence-electron chi connectivity index (χ4n) is 1.36. The Hall–Kier alpha value is -1.10. The van der Waals surface area contributed by atoms with Gasteiger partial charge < -0.3 is 14.6 Å². The quantitative estimate of drug-likeness (QED) is 0.729. The number of carboxylic acid groups (broad SMARTS) is 1. The van der Waals surface area contributed by atoms with Crippen LogP contribution >= 0.6 is 0 Å². The van der Waals surface area contributed by atoms with Crippen LogP contribution in [0.4, 0.5) is 0 Å². The first-order valence-corrected chi connectivity index (χ1v) is 5.39. The van der Waals surface area contributed by atoms with Crippen LogP contribution in [0, 0.1) is 5.41 Å². The van der Waals surface area contributed by atoms with Crippen LogP contribution in [0.1, 0.15) is 40.0 Å². The first-order chi connectivity index (χ1) is 7.28. The first-order valence-electron chi connectivity index (χ1n) is 5.39. The predicted molar refractivity (Wildman–Crippen MR) is 55.7 cm³/mol. The van der Waals surface area contributed by atoms with Crippen molar-refractivity contribution in [3.63, 3.8) is 0 Å². The zero-order valence-electron chi connectivity index (χ0n) is 9.91. The lowest BCUT2D eigenvalue weighted by Crippen LogP contribution is -2.49. The van der Waals surface area contributed by atoms with Gasteiger partial charge >= 0.3 is 17.7 Å². The minimum absolute atomic E-state index is 0.212. The van der Waals surface area contributed by atoms with Crippen molar-refractivity contribution in [1.82, 2.24) is 0 Å². The topological polar surface area (TPSA) is 72.8 Å². The smallest absolute Gasteiger partial charge is 0.377 e. The van der Waals surface area contributed by atoms with E-state index >= 15 is 0 Å². The SMILES string of the molecule is CC(C)(C)C(=O)OC1(C(=O)O)CCCCO1. The lowest BCUT2D eigenvalue weighted by atomic mass is 9.96. The van der Waals surface area contributed by atoms with Gasteiger partial charge in [0.25, 0.3) is 0 Å². The van der Waals surface area contributed by atoms with Crippen LogP contribution in [0.15, 0.2) is 0 Å². The van der Waals surface area contributed by atoms with E-state index in [1.165, 1.54) is 0 Å². The molecule has 0 radical (unpaired) electrons. The molecular weight excluding hydrogens is 212 g/mol. The van der Waals surface area contributed by atoms with Gasteiger partial charge in [-0.3, -0.25) is 4.79 Å². The van der Waals surface area contributed by atoms with Gasteiger partial charge in [0.15, 0.2) is 0 Å². The van der Waals surface area contributed by atoms with E-state index in [4.69, 9.17) is 14.6 Å². The average molecular weight is 230 g/mol. The second-order valence-electron chi connectivity index (χ2n) is 5.00. The Balaban J connectivity index is 2.79. The Morgan fingerprint density at radius 3 is 2.31 bits per heavy atom. The van der Waals surface area contributed by atoms with E-state index in [9.17, 15) is 9.59 Å². The van der Waals surface area contributed by atoms with Crippen LogP contribution < -0.4 is 0 Å². The number of rotatable bonds is 2. The fourth-order valence-corrected chi connectivity index (χ4v) is 1.36. The van der Waals surface area contributed by atoms with Gasteiger partial charge in [0.05, 0.1) is 12.0 Å². The third kappa shape index (κ3) is 2.72. The van der Waals surface area contributed by atoms with E-state index < -0.39 is 23.1 Å². The van der Waals surface area contributed by atoms with Gasteiger partial charge in [0.1, 0.15) is 0 Å². The molecule has 0 spiro atoms. The summed E-state index contributed by atoms with van der Waals surface area (Å²) in [5.74, 6) is -3.57. The van der Waals surface area contributed by atoms with E-state index in [2.05, 4.69) is 0 Å². The molecule has 1 heterocycles. The van der Waals surface area contributed by atoms with Gasteiger partial charge in [-0.05, 0) is 33.6 Å². The lowest BCUT2D eigenvalue weighted by Gasteiger charge is -2.34. The monoisotopic (exact) mass is 230 g/mol. The average Bonchev–Trinajstić information content (AvgIpc) is 2.17. The third-order valence-corrected chi connectivity index (χ3v) is 2.43.